The summed E-state index contributed by atoms with van der Waals surface area (Å²) in [5.41, 5.74) is 2.67. The van der Waals surface area contributed by atoms with Crippen LogP contribution in [0.15, 0.2) is 48.5 Å². The number of likely N-dealkylation sites (N-methyl/N-ethyl adjacent to an activating group) is 1. The predicted molar refractivity (Wildman–Crippen MR) is 175 cm³/mol. The van der Waals surface area contributed by atoms with E-state index in [1.54, 1.807) is 24.3 Å². The van der Waals surface area contributed by atoms with Crippen LogP contribution < -0.4 is 20.4 Å². The number of urea groups is 1. The molecule has 4 saturated heterocycles. The van der Waals surface area contributed by atoms with E-state index in [1.807, 2.05) is 29.2 Å². The minimum atomic E-state index is -0.375. The molecule has 4 aliphatic heterocycles. The summed E-state index contributed by atoms with van der Waals surface area (Å²) < 4.78 is 11.5. The molecule has 4 aliphatic rings. The third-order valence-electron chi connectivity index (χ3n) is 9.29. The second kappa shape index (κ2) is 13.2. The number of carbonyl (C=O) groups excluding carboxylic acids is 2. The number of anilines is 4. The maximum atomic E-state index is 12.8. The highest BCUT2D eigenvalue weighted by atomic mass is 16.5. The summed E-state index contributed by atoms with van der Waals surface area (Å²) in [5.74, 6) is 1.94. The SMILES string of the molecule is C[C@H]1COCCN1c1nc(-c2ccc(NC(=O)Nc3ccc(C(=O)N4CCN(C)CC4)cc3)cc2)nc(N2C3CCC2COC3)n1. The molecule has 2 aromatic carbocycles. The molecule has 1 aromatic heterocycles. The first-order valence-electron chi connectivity index (χ1n) is 16.1. The standard InChI is InChI=1S/C33H41N9O4/c1-22-19-45-18-17-41(22)31-36-29(37-32(38-31)42-27-11-12-28(42)21-46-20-27)23-3-7-25(8-4-23)34-33(44)35-26-9-5-24(6-10-26)30(43)40-15-13-39(2)14-16-40/h3-10,22,27-28H,11-21H2,1-2H3,(H2,34,35,44)/t22-,27?,28?/m0/s1. The summed E-state index contributed by atoms with van der Waals surface area (Å²) >= 11 is 0. The molecule has 3 amide bonds. The highest BCUT2D eigenvalue weighted by molar-refractivity contribution is 6.00. The van der Waals surface area contributed by atoms with Crippen molar-refractivity contribution in [3.63, 3.8) is 0 Å². The average molecular weight is 628 g/mol. The average Bonchev–Trinajstić information content (AvgIpc) is 3.33. The second-order valence-corrected chi connectivity index (χ2v) is 12.5. The number of rotatable bonds is 6. The van der Waals surface area contributed by atoms with Crippen LogP contribution in [-0.4, -0.2) is 121 Å². The summed E-state index contributed by atoms with van der Waals surface area (Å²) in [5, 5.41) is 5.73. The zero-order chi connectivity index (χ0) is 31.6. The van der Waals surface area contributed by atoms with Crippen molar-refractivity contribution in [1.29, 1.82) is 0 Å². The molecule has 2 unspecified atom stereocenters. The zero-order valence-corrected chi connectivity index (χ0v) is 26.4. The molecule has 0 spiro atoms. The van der Waals surface area contributed by atoms with Crippen LogP contribution in [0.5, 0.6) is 0 Å². The Hall–Kier alpha value is -4.33. The fraction of sp³-hybridized carbons (Fsp3) is 0.485. The molecule has 242 valence electrons. The Bertz CT molecular complexity index is 1530. The van der Waals surface area contributed by atoms with Crippen LogP contribution in [0, 0.1) is 0 Å². The molecule has 2 bridgehead atoms. The van der Waals surface area contributed by atoms with Gasteiger partial charge in [0.1, 0.15) is 0 Å². The molecule has 7 rings (SSSR count). The lowest BCUT2D eigenvalue weighted by atomic mass is 10.1. The number of carbonyl (C=O) groups is 2. The molecule has 0 radical (unpaired) electrons. The molecule has 0 aliphatic carbocycles. The maximum absolute atomic E-state index is 12.8. The van der Waals surface area contributed by atoms with Crippen molar-refractivity contribution < 1.29 is 19.1 Å². The molecular weight excluding hydrogens is 586 g/mol. The molecule has 3 atom stereocenters. The van der Waals surface area contributed by atoms with Gasteiger partial charge in [0.15, 0.2) is 5.82 Å². The fourth-order valence-electron chi connectivity index (χ4n) is 6.59. The summed E-state index contributed by atoms with van der Waals surface area (Å²) in [6.07, 6.45) is 2.13. The molecule has 2 N–H and O–H groups in total. The molecule has 5 heterocycles. The van der Waals surface area contributed by atoms with Gasteiger partial charge in [-0.3, -0.25) is 4.79 Å². The van der Waals surface area contributed by atoms with E-state index in [0.29, 0.717) is 80.7 Å². The summed E-state index contributed by atoms with van der Waals surface area (Å²) in [4.78, 5) is 49.0. The molecule has 13 nitrogen and oxygen atoms in total. The topological polar surface area (TPSA) is 128 Å². The molecule has 13 heteroatoms. The van der Waals surface area contributed by atoms with Gasteiger partial charge in [-0.25, -0.2) is 4.79 Å². The Morgan fingerprint density at radius 3 is 2.04 bits per heavy atom. The van der Waals surface area contributed by atoms with Crippen molar-refractivity contribution >= 4 is 35.2 Å². The Balaban J connectivity index is 1.03. The van der Waals surface area contributed by atoms with Crippen LogP contribution in [0.25, 0.3) is 11.4 Å². The molecule has 4 fully saturated rings. The summed E-state index contributed by atoms with van der Waals surface area (Å²) in [6.45, 7) is 8.62. The first-order chi connectivity index (χ1) is 22.4. The Morgan fingerprint density at radius 1 is 0.761 bits per heavy atom. The van der Waals surface area contributed by atoms with Crippen molar-refractivity contribution in [2.75, 3.05) is 86.6 Å². The Labute approximate surface area is 268 Å². The number of ether oxygens (including phenoxy) is 2. The van der Waals surface area contributed by atoms with Gasteiger partial charge in [-0.15, -0.1) is 0 Å². The van der Waals surface area contributed by atoms with E-state index in [2.05, 4.69) is 39.3 Å². The van der Waals surface area contributed by atoms with Crippen LogP contribution in [0.3, 0.4) is 0 Å². The third-order valence-corrected chi connectivity index (χ3v) is 9.29. The van der Waals surface area contributed by atoms with E-state index in [0.717, 1.165) is 31.5 Å². The van der Waals surface area contributed by atoms with E-state index < -0.39 is 0 Å². The van der Waals surface area contributed by atoms with Gasteiger partial charge in [-0.2, -0.15) is 15.0 Å². The highest BCUT2D eigenvalue weighted by Gasteiger charge is 2.39. The third kappa shape index (κ3) is 6.48. The number of morpholine rings is 2. The second-order valence-electron chi connectivity index (χ2n) is 12.5. The number of hydrogen-bond donors (Lipinski definition) is 2. The number of nitrogens with one attached hydrogen (secondary N) is 2. The minimum Gasteiger partial charge on any atom is -0.377 e. The zero-order valence-electron chi connectivity index (χ0n) is 26.4. The van der Waals surface area contributed by atoms with Crippen LogP contribution in [0.1, 0.15) is 30.1 Å². The number of hydrogen-bond acceptors (Lipinski definition) is 10. The van der Waals surface area contributed by atoms with Gasteiger partial charge in [0, 0.05) is 55.2 Å². The molecule has 0 saturated carbocycles. The smallest absolute Gasteiger partial charge is 0.323 e. The van der Waals surface area contributed by atoms with Crippen LogP contribution in [-0.2, 0) is 9.47 Å². The van der Waals surface area contributed by atoms with E-state index in [4.69, 9.17) is 24.4 Å². The first kappa shape index (κ1) is 30.3. The van der Waals surface area contributed by atoms with E-state index in [9.17, 15) is 9.59 Å². The van der Waals surface area contributed by atoms with Crippen molar-refractivity contribution in [1.82, 2.24) is 24.8 Å². The Morgan fingerprint density at radius 2 is 1.39 bits per heavy atom. The van der Waals surface area contributed by atoms with E-state index >= 15 is 0 Å². The fourth-order valence-corrected chi connectivity index (χ4v) is 6.59. The largest absolute Gasteiger partial charge is 0.377 e. The number of aromatic nitrogens is 3. The van der Waals surface area contributed by atoms with Crippen LogP contribution >= 0.6 is 0 Å². The van der Waals surface area contributed by atoms with Crippen molar-refractivity contribution in [3.05, 3.63) is 54.1 Å². The molecular formula is C33H41N9O4. The van der Waals surface area contributed by atoms with Crippen LogP contribution in [0.2, 0.25) is 0 Å². The number of nitrogens with zero attached hydrogens (tertiary/aromatic N) is 7. The lowest BCUT2D eigenvalue weighted by Gasteiger charge is -2.36. The van der Waals surface area contributed by atoms with Gasteiger partial charge in [0.05, 0.1) is 44.6 Å². The van der Waals surface area contributed by atoms with Gasteiger partial charge in [-0.05, 0) is 75.3 Å². The normalized spacial score (nSPS) is 23.3. The maximum Gasteiger partial charge on any atom is 0.323 e. The van der Waals surface area contributed by atoms with Crippen LogP contribution in [0.4, 0.5) is 28.1 Å². The number of piperazine rings is 1. The quantitative estimate of drug-likeness (QED) is 0.421. The lowest BCUT2D eigenvalue weighted by Crippen LogP contribution is -2.48. The highest BCUT2D eigenvalue weighted by Crippen LogP contribution is 2.34. The summed E-state index contributed by atoms with van der Waals surface area (Å²) in [7, 11) is 2.06. The van der Waals surface area contributed by atoms with E-state index in [-0.39, 0.29) is 30.1 Å². The number of amides is 3. The number of benzene rings is 2. The first-order valence-corrected chi connectivity index (χ1v) is 16.1. The molecule has 46 heavy (non-hydrogen) atoms. The monoisotopic (exact) mass is 627 g/mol. The van der Waals surface area contributed by atoms with Crippen molar-refractivity contribution in [2.24, 2.45) is 0 Å². The lowest BCUT2D eigenvalue weighted by molar-refractivity contribution is 0.0664. The van der Waals surface area contributed by atoms with Gasteiger partial charge >= 0.3 is 6.03 Å². The Kier molecular flexibility index (Phi) is 8.69. The number of fused-ring (bicyclic) bond motifs is 2. The van der Waals surface area contributed by atoms with Gasteiger partial charge in [0.25, 0.3) is 5.91 Å². The molecule has 3 aromatic rings. The van der Waals surface area contributed by atoms with Gasteiger partial charge < -0.3 is 39.7 Å². The van der Waals surface area contributed by atoms with Gasteiger partial charge in [0.2, 0.25) is 11.9 Å². The van der Waals surface area contributed by atoms with Crippen molar-refractivity contribution in [2.45, 2.75) is 37.9 Å². The van der Waals surface area contributed by atoms with E-state index in [1.165, 1.54) is 0 Å². The summed E-state index contributed by atoms with van der Waals surface area (Å²) in [6, 6.07) is 14.8. The predicted octanol–water partition coefficient (Wildman–Crippen LogP) is 3.16. The minimum absolute atomic E-state index is 0.0124. The van der Waals surface area contributed by atoms with Gasteiger partial charge in [-0.1, -0.05) is 0 Å². The van der Waals surface area contributed by atoms with Crippen molar-refractivity contribution in [3.8, 4) is 11.4 Å².